The Bertz CT molecular complexity index is 1950. The van der Waals surface area contributed by atoms with Crippen molar-refractivity contribution in [3.8, 4) is 0 Å². The fraction of sp³-hybridized carbons (Fsp3) is 0.341. The van der Waals surface area contributed by atoms with Crippen LogP contribution in [-0.2, 0) is 44.2 Å². The van der Waals surface area contributed by atoms with Crippen molar-refractivity contribution in [2.45, 2.75) is 69.6 Å². The molecule has 3 aliphatic rings. The van der Waals surface area contributed by atoms with Crippen molar-refractivity contribution in [2.75, 3.05) is 23.0 Å². The second-order valence-corrected chi connectivity index (χ2v) is 18.2. The Balaban J connectivity index is 1.19. The monoisotopic (exact) mass is 705 g/mol. The number of aliphatic hydroxyl groups is 1. The van der Waals surface area contributed by atoms with Crippen LogP contribution in [0.15, 0.2) is 103 Å². The van der Waals surface area contributed by atoms with Gasteiger partial charge in [0.05, 0.1) is 37.1 Å². The fourth-order valence-electron chi connectivity index (χ4n) is 8.56. The third-order valence-electron chi connectivity index (χ3n) is 10.8. The van der Waals surface area contributed by atoms with Crippen LogP contribution >= 0.6 is 0 Å². The molecule has 1 fully saturated rings. The second kappa shape index (κ2) is 13.8. The van der Waals surface area contributed by atoms with Crippen LogP contribution in [0.2, 0.25) is 18.6 Å². The molecule has 0 saturated carbocycles. The molecule has 264 valence electrons. The average Bonchev–Trinajstić information content (AvgIpc) is 3.54. The zero-order valence-corrected chi connectivity index (χ0v) is 30.3. The van der Waals surface area contributed by atoms with E-state index in [9.17, 15) is 19.5 Å². The summed E-state index contributed by atoms with van der Waals surface area (Å²) in [7, 11) is -3.50. The standard InChI is InChI=1S/C41H44FN3O5Si/c1-28-39(51(2,3)42)36(25-38(48)43(22-23-46)26-29-12-5-4-6-13-29)50-41(28)33-17-8-10-19-35(33)44(40(41)49)27-30-14-11-16-32(24-30)45-34-18-9-7-15-31(34)20-21-37(45)47/h4-19,24,28,36,39,46H,20-23,25-27H2,1-3H3/t28-,36+,39-,41+/m0/s1. The summed E-state index contributed by atoms with van der Waals surface area (Å²) in [6, 6.07) is 32.6. The summed E-state index contributed by atoms with van der Waals surface area (Å²) < 4.78 is 23.2. The lowest BCUT2D eigenvalue weighted by atomic mass is 9.82. The molecule has 0 radical (unpaired) electrons. The molecule has 0 aromatic heterocycles. The number of fused-ring (bicyclic) bond motifs is 3. The molecule has 7 rings (SSSR count). The number of para-hydroxylation sites is 2. The van der Waals surface area contributed by atoms with Gasteiger partial charge in [0.15, 0.2) is 5.60 Å². The van der Waals surface area contributed by atoms with Crippen molar-refractivity contribution in [1.29, 1.82) is 0 Å². The highest BCUT2D eigenvalue weighted by Crippen LogP contribution is 2.60. The van der Waals surface area contributed by atoms with Gasteiger partial charge in [0.25, 0.3) is 5.91 Å². The SMILES string of the molecule is C[C@H]1[C@H]([Si](C)(C)F)[C@@H](CC(=O)N(CCO)Cc2ccccc2)O[C@]12C(=O)N(Cc1cccc(N3C(=O)CCc4ccccc43)c1)c1ccccc12. The maximum Gasteiger partial charge on any atom is 0.264 e. The molecule has 0 aliphatic carbocycles. The summed E-state index contributed by atoms with van der Waals surface area (Å²) in [4.78, 5) is 47.0. The molecule has 1 saturated heterocycles. The van der Waals surface area contributed by atoms with Crippen LogP contribution in [0.4, 0.5) is 21.2 Å². The maximum atomic E-state index is 16.4. The fourth-order valence-corrected chi connectivity index (χ4v) is 11.1. The van der Waals surface area contributed by atoms with Gasteiger partial charge in [0, 0.05) is 42.2 Å². The van der Waals surface area contributed by atoms with Gasteiger partial charge in [0.2, 0.25) is 20.2 Å². The zero-order valence-electron chi connectivity index (χ0n) is 29.3. The predicted molar refractivity (Wildman–Crippen MR) is 198 cm³/mol. The molecule has 4 aromatic carbocycles. The third-order valence-corrected chi connectivity index (χ3v) is 13.2. The number of aryl methyl sites for hydroxylation is 1. The lowest BCUT2D eigenvalue weighted by molar-refractivity contribution is -0.150. The Hall–Kier alpha value is -4.64. The van der Waals surface area contributed by atoms with Gasteiger partial charge < -0.3 is 23.8 Å². The van der Waals surface area contributed by atoms with Crippen LogP contribution < -0.4 is 9.80 Å². The number of halogens is 1. The highest BCUT2D eigenvalue weighted by Gasteiger charge is 2.67. The van der Waals surface area contributed by atoms with Crippen molar-refractivity contribution < 1.29 is 28.3 Å². The molecule has 51 heavy (non-hydrogen) atoms. The van der Waals surface area contributed by atoms with E-state index in [-0.39, 0.29) is 43.8 Å². The summed E-state index contributed by atoms with van der Waals surface area (Å²) in [6.07, 6.45) is 0.178. The summed E-state index contributed by atoms with van der Waals surface area (Å²) in [5.41, 5.74) is 3.72. The quantitative estimate of drug-likeness (QED) is 0.141. The van der Waals surface area contributed by atoms with Gasteiger partial charge in [-0.05, 0) is 60.5 Å². The first kappa shape index (κ1) is 34.8. The van der Waals surface area contributed by atoms with Gasteiger partial charge in [-0.1, -0.05) is 85.8 Å². The van der Waals surface area contributed by atoms with Crippen molar-refractivity contribution >= 4 is 43.2 Å². The van der Waals surface area contributed by atoms with Crippen LogP contribution in [0.3, 0.4) is 0 Å². The molecule has 3 amide bonds. The minimum atomic E-state index is -3.50. The van der Waals surface area contributed by atoms with E-state index < -0.39 is 31.6 Å². The van der Waals surface area contributed by atoms with E-state index in [4.69, 9.17) is 4.74 Å². The molecule has 3 aliphatic heterocycles. The van der Waals surface area contributed by atoms with Crippen molar-refractivity contribution in [2.24, 2.45) is 5.92 Å². The number of carbonyl (C=O) groups excluding carboxylic acids is 3. The number of anilines is 3. The van der Waals surface area contributed by atoms with Gasteiger partial charge in [-0.15, -0.1) is 0 Å². The normalized spacial score (nSPS) is 22.7. The Morgan fingerprint density at radius 1 is 0.922 bits per heavy atom. The first-order valence-electron chi connectivity index (χ1n) is 17.7. The van der Waals surface area contributed by atoms with Crippen LogP contribution in [0.25, 0.3) is 0 Å². The molecule has 3 heterocycles. The number of carbonyl (C=O) groups is 3. The molecule has 10 heteroatoms. The molecule has 8 nitrogen and oxygen atoms in total. The number of amides is 3. The highest BCUT2D eigenvalue weighted by molar-refractivity contribution is 6.72. The van der Waals surface area contributed by atoms with Crippen LogP contribution in [0.5, 0.6) is 0 Å². The first-order chi connectivity index (χ1) is 24.5. The number of rotatable bonds is 10. The molecule has 4 atom stereocenters. The lowest BCUT2D eigenvalue weighted by Crippen LogP contribution is -2.45. The minimum absolute atomic E-state index is 0.0199. The molecule has 0 unspecified atom stereocenters. The maximum absolute atomic E-state index is 16.4. The molecular formula is C41H44FN3O5Si. The van der Waals surface area contributed by atoms with Gasteiger partial charge in [-0.3, -0.25) is 19.3 Å². The van der Waals surface area contributed by atoms with Crippen LogP contribution in [0, 0.1) is 5.92 Å². The van der Waals surface area contributed by atoms with E-state index in [1.165, 1.54) is 0 Å². The number of aliphatic hydroxyl groups excluding tert-OH is 1. The van der Waals surface area contributed by atoms with Crippen molar-refractivity contribution in [1.82, 2.24) is 4.90 Å². The van der Waals surface area contributed by atoms with E-state index in [1.807, 2.05) is 110 Å². The molecular weight excluding hydrogens is 662 g/mol. The smallest absolute Gasteiger partial charge is 0.264 e. The lowest BCUT2D eigenvalue weighted by Gasteiger charge is -2.31. The van der Waals surface area contributed by atoms with Crippen molar-refractivity contribution in [3.05, 3.63) is 125 Å². The highest BCUT2D eigenvalue weighted by atomic mass is 28.4. The van der Waals surface area contributed by atoms with Gasteiger partial charge in [0.1, 0.15) is 0 Å². The topological polar surface area (TPSA) is 90.4 Å². The van der Waals surface area contributed by atoms with Gasteiger partial charge in [-0.25, -0.2) is 0 Å². The van der Waals surface area contributed by atoms with E-state index in [1.54, 1.807) is 27.8 Å². The summed E-state index contributed by atoms with van der Waals surface area (Å²) >= 11 is 0. The van der Waals surface area contributed by atoms with E-state index in [2.05, 4.69) is 0 Å². The minimum Gasteiger partial charge on any atom is -0.395 e. The Morgan fingerprint density at radius 2 is 1.61 bits per heavy atom. The predicted octanol–water partition coefficient (Wildman–Crippen LogP) is 7.03. The number of hydrogen-bond donors (Lipinski definition) is 1. The number of hydrogen-bond acceptors (Lipinski definition) is 5. The molecule has 1 spiro atoms. The summed E-state index contributed by atoms with van der Waals surface area (Å²) in [5, 5.41) is 9.81. The van der Waals surface area contributed by atoms with E-state index in [0.29, 0.717) is 30.6 Å². The van der Waals surface area contributed by atoms with Gasteiger partial charge in [-0.2, -0.15) is 0 Å². The van der Waals surface area contributed by atoms with Crippen LogP contribution in [0.1, 0.15) is 42.0 Å². The number of benzene rings is 4. The third kappa shape index (κ3) is 6.30. The van der Waals surface area contributed by atoms with Crippen LogP contribution in [-0.4, -0.2) is 55.4 Å². The van der Waals surface area contributed by atoms with E-state index >= 15 is 4.11 Å². The number of nitrogens with zero attached hydrogens (tertiary/aromatic N) is 3. The first-order valence-corrected chi connectivity index (χ1v) is 20.7. The molecule has 1 N–H and O–H groups in total. The van der Waals surface area contributed by atoms with Crippen molar-refractivity contribution in [3.63, 3.8) is 0 Å². The second-order valence-electron chi connectivity index (χ2n) is 14.4. The molecule has 0 bridgehead atoms. The van der Waals surface area contributed by atoms with Gasteiger partial charge >= 0.3 is 0 Å². The number of ether oxygens (including phenoxy) is 1. The Morgan fingerprint density at radius 3 is 2.35 bits per heavy atom. The summed E-state index contributed by atoms with van der Waals surface area (Å²) in [5.74, 6) is -1.07. The molecule has 4 aromatic rings. The van der Waals surface area contributed by atoms with E-state index in [0.717, 1.165) is 28.1 Å². The zero-order chi connectivity index (χ0) is 35.9. The Kier molecular flexibility index (Phi) is 9.43. The summed E-state index contributed by atoms with van der Waals surface area (Å²) in [6.45, 7) is 5.58. The largest absolute Gasteiger partial charge is 0.395 e. The average molecular weight is 706 g/mol. The Labute approximate surface area is 299 Å².